The summed E-state index contributed by atoms with van der Waals surface area (Å²) in [6.07, 6.45) is 1.65. The van der Waals surface area contributed by atoms with Crippen molar-refractivity contribution in [2.45, 2.75) is 32.1 Å². The number of likely N-dealkylation sites (tertiary alicyclic amines) is 1. The fourth-order valence-electron chi connectivity index (χ4n) is 3.43. The van der Waals surface area contributed by atoms with Crippen LogP contribution in [0.2, 0.25) is 0 Å². The highest BCUT2D eigenvalue weighted by molar-refractivity contribution is 5.81. The molecule has 1 aromatic carbocycles. The Kier molecular flexibility index (Phi) is 6.42. The molecule has 1 saturated heterocycles. The average Bonchev–Trinajstić information content (AvgIpc) is 3.06. The number of rotatable bonds is 8. The Balaban J connectivity index is 2.03. The van der Waals surface area contributed by atoms with Gasteiger partial charge < -0.3 is 19.5 Å². The number of carboxylic acid groups (broad SMARTS) is 1. The van der Waals surface area contributed by atoms with Crippen molar-refractivity contribution in [2.75, 3.05) is 33.9 Å². The Hall–Kier alpha value is -2.08. The van der Waals surface area contributed by atoms with Crippen molar-refractivity contribution in [1.29, 1.82) is 0 Å². The van der Waals surface area contributed by atoms with Crippen molar-refractivity contribution >= 4 is 11.9 Å². The van der Waals surface area contributed by atoms with E-state index in [4.69, 9.17) is 9.47 Å². The summed E-state index contributed by atoms with van der Waals surface area (Å²) in [4.78, 5) is 26.0. The number of nitrogens with zero attached hydrogens (tertiary/aromatic N) is 1. The van der Waals surface area contributed by atoms with Crippen LogP contribution in [0.3, 0.4) is 0 Å². The van der Waals surface area contributed by atoms with Gasteiger partial charge in [0.2, 0.25) is 5.91 Å². The van der Waals surface area contributed by atoms with E-state index in [0.29, 0.717) is 19.4 Å². The third kappa shape index (κ3) is 4.31. The zero-order valence-electron chi connectivity index (χ0n) is 15.2. The van der Waals surface area contributed by atoms with Gasteiger partial charge in [0.15, 0.2) is 0 Å². The van der Waals surface area contributed by atoms with Crippen LogP contribution in [0.1, 0.15) is 37.7 Å². The highest BCUT2D eigenvalue weighted by Crippen LogP contribution is 2.33. The summed E-state index contributed by atoms with van der Waals surface area (Å²) >= 11 is 0. The largest absolute Gasteiger partial charge is 0.497 e. The predicted octanol–water partition coefficient (Wildman–Crippen LogP) is 2.53. The first-order chi connectivity index (χ1) is 12.0. The van der Waals surface area contributed by atoms with Crippen LogP contribution in [0.15, 0.2) is 24.3 Å². The standard InChI is InChI=1S/C19H27NO5/c1-4-14(15-5-7-16(25-3)8-6-15)11-17(21)20-10-9-19(12-20,13-24-2)18(22)23/h5-8,14H,4,9-13H2,1-3H3,(H,22,23). The minimum atomic E-state index is -0.980. The van der Waals surface area contributed by atoms with E-state index in [1.54, 1.807) is 12.0 Å². The molecule has 0 saturated carbocycles. The Labute approximate surface area is 148 Å². The first-order valence-corrected chi connectivity index (χ1v) is 8.60. The Morgan fingerprint density at radius 1 is 1.28 bits per heavy atom. The van der Waals surface area contributed by atoms with Gasteiger partial charge in [0.25, 0.3) is 0 Å². The molecule has 2 atom stereocenters. The minimum Gasteiger partial charge on any atom is -0.497 e. The normalized spacial score (nSPS) is 21.2. The topological polar surface area (TPSA) is 76.1 Å². The summed E-state index contributed by atoms with van der Waals surface area (Å²) in [7, 11) is 3.11. The Morgan fingerprint density at radius 3 is 2.48 bits per heavy atom. The summed E-state index contributed by atoms with van der Waals surface area (Å²) in [6.45, 7) is 2.86. The smallest absolute Gasteiger partial charge is 0.313 e. The molecule has 2 unspecified atom stereocenters. The van der Waals surface area contributed by atoms with Crippen LogP contribution < -0.4 is 4.74 Å². The predicted molar refractivity (Wildman–Crippen MR) is 93.8 cm³/mol. The van der Waals surface area contributed by atoms with E-state index in [0.717, 1.165) is 17.7 Å². The number of aliphatic carboxylic acids is 1. The number of carboxylic acids is 1. The molecule has 0 radical (unpaired) electrons. The molecule has 25 heavy (non-hydrogen) atoms. The number of methoxy groups -OCH3 is 2. The molecule has 6 heteroatoms. The maximum absolute atomic E-state index is 12.7. The molecule has 138 valence electrons. The van der Waals surface area contributed by atoms with E-state index < -0.39 is 11.4 Å². The van der Waals surface area contributed by atoms with Gasteiger partial charge >= 0.3 is 5.97 Å². The highest BCUT2D eigenvalue weighted by atomic mass is 16.5. The molecule has 1 fully saturated rings. The second-order valence-electron chi connectivity index (χ2n) is 6.67. The van der Waals surface area contributed by atoms with E-state index in [1.807, 2.05) is 24.3 Å². The van der Waals surface area contributed by atoms with Gasteiger partial charge in [0.1, 0.15) is 11.2 Å². The fraction of sp³-hybridized carbons (Fsp3) is 0.579. The lowest BCUT2D eigenvalue weighted by molar-refractivity contribution is -0.151. The zero-order valence-corrected chi connectivity index (χ0v) is 15.2. The number of carbonyl (C=O) groups is 2. The maximum Gasteiger partial charge on any atom is 0.313 e. The first kappa shape index (κ1) is 19.2. The van der Waals surface area contributed by atoms with Crippen LogP contribution in [0.25, 0.3) is 0 Å². The molecule has 1 amide bonds. The molecule has 1 aromatic rings. The second-order valence-corrected chi connectivity index (χ2v) is 6.67. The van der Waals surface area contributed by atoms with E-state index in [1.165, 1.54) is 7.11 Å². The summed E-state index contributed by atoms with van der Waals surface area (Å²) in [5, 5.41) is 9.52. The SMILES string of the molecule is CCC(CC(=O)N1CCC(COC)(C(=O)O)C1)c1ccc(OC)cc1. The van der Waals surface area contributed by atoms with Crippen molar-refractivity contribution < 1.29 is 24.2 Å². The van der Waals surface area contributed by atoms with Gasteiger partial charge in [-0.15, -0.1) is 0 Å². The molecule has 0 bridgehead atoms. The quantitative estimate of drug-likeness (QED) is 0.780. The van der Waals surface area contributed by atoms with Gasteiger partial charge in [-0.3, -0.25) is 9.59 Å². The van der Waals surface area contributed by atoms with Crippen molar-refractivity contribution in [3.63, 3.8) is 0 Å². The molecule has 0 aromatic heterocycles. The molecular formula is C19H27NO5. The molecule has 2 rings (SSSR count). The molecule has 0 spiro atoms. The molecule has 1 heterocycles. The lowest BCUT2D eigenvalue weighted by Gasteiger charge is -2.25. The van der Waals surface area contributed by atoms with Crippen molar-refractivity contribution in [3.05, 3.63) is 29.8 Å². The third-order valence-electron chi connectivity index (χ3n) is 5.08. The van der Waals surface area contributed by atoms with E-state index in [-0.39, 0.29) is 25.0 Å². The van der Waals surface area contributed by atoms with Crippen molar-refractivity contribution in [3.8, 4) is 5.75 Å². The molecule has 0 aliphatic carbocycles. The van der Waals surface area contributed by atoms with Crippen molar-refractivity contribution in [1.82, 2.24) is 4.90 Å². The molecule has 6 nitrogen and oxygen atoms in total. The Bertz CT molecular complexity index is 600. The number of hydrogen-bond acceptors (Lipinski definition) is 4. The number of benzene rings is 1. The van der Waals surface area contributed by atoms with E-state index in [9.17, 15) is 14.7 Å². The molecular weight excluding hydrogens is 322 g/mol. The van der Waals surface area contributed by atoms with Crippen LogP contribution in [0.5, 0.6) is 5.75 Å². The number of carbonyl (C=O) groups excluding carboxylic acids is 1. The molecule has 1 N–H and O–H groups in total. The average molecular weight is 349 g/mol. The van der Waals surface area contributed by atoms with Crippen molar-refractivity contribution in [2.24, 2.45) is 5.41 Å². The lowest BCUT2D eigenvalue weighted by atomic mass is 9.88. The first-order valence-electron chi connectivity index (χ1n) is 8.60. The summed E-state index contributed by atoms with van der Waals surface area (Å²) < 4.78 is 10.3. The van der Waals surface area contributed by atoms with E-state index >= 15 is 0 Å². The van der Waals surface area contributed by atoms with Gasteiger partial charge in [0.05, 0.1) is 13.7 Å². The van der Waals surface area contributed by atoms with Gasteiger partial charge in [0, 0.05) is 26.6 Å². The summed E-state index contributed by atoms with van der Waals surface area (Å²) in [6, 6.07) is 7.76. The number of ether oxygens (including phenoxy) is 2. The van der Waals surface area contributed by atoms with Crippen LogP contribution in [-0.2, 0) is 14.3 Å². The number of amides is 1. The molecule has 1 aliphatic heterocycles. The van der Waals surface area contributed by atoms with Gasteiger partial charge in [-0.05, 0) is 36.5 Å². The van der Waals surface area contributed by atoms with Gasteiger partial charge in [-0.2, -0.15) is 0 Å². The monoisotopic (exact) mass is 349 g/mol. The minimum absolute atomic E-state index is 0.00176. The zero-order chi connectivity index (χ0) is 18.4. The Morgan fingerprint density at radius 2 is 1.96 bits per heavy atom. The second kappa shape index (κ2) is 8.34. The van der Waals surface area contributed by atoms with Crippen LogP contribution >= 0.6 is 0 Å². The van der Waals surface area contributed by atoms with Crippen LogP contribution in [0, 0.1) is 5.41 Å². The van der Waals surface area contributed by atoms with Crippen LogP contribution in [-0.4, -0.2) is 55.8 Å². The maximum atomic E-state index is 12.7. The van der Waals surface area contributed by atoms with Gasteiger partial charge in [-0.1, -0.05) is 19.1 Å². The summed E-state index contributed by atoms with van der Waals surface area (Å²) in [5.41, 5.74) is 0.115. The van der Waals surface area contributed by atoms with E-state index in [2.05, 4.69) is 6.92 Å². The van der Waals surface area contributed by atoms with Gasteiger partial charge in [-0.25, -0.2) is 0 Å². The fourth-order valence-corrected chi connectivity index (χ4v) is 3.43. The third-order valence-corrected chi connectivity index (χ3v) is 5.08. The van der Waals surface area contributed by atoms with Crippen LogP contribution in [0.4, 0.5) is 0 Å². The highest BCUT2D eigenvalue weighted by Gasteiger charge is 2.46. The lowest BCUT2D eigenvalue weighted by Crippen LogP contribution is -2.40. The summed E-state index contributed by atoms with van der Waals surface area (Å²) in [5.74, 6) is 0.00433. The number of hydrogen-bond donors (Lipinski definition) is 1. The molecule has 1 aliphatic rings.